The lowest BCUT2D eigenvalue weighted by molar-refractivity contribution is 0.558. The Morgan fingerprint density at radius 1 is 0.794 bits per heavy atom. The number of aromatic amines is 3. The van der Waals surface area contributed by atoms with Crippen LogP contribution in [0, 0.1) is 0 Å². The first-order chi connectivity index (χ1) is 16.7. The molecule has 0 bridgehead atoms. The summed E-state index contributed by atoms with van der Waals surface area (Å²) in [6.45, 7) is 0. The molecule has 4 N–H and O–H groups in total. The Labute approximate surface area is 201 Å². The molecule has 6 aromatic heterocycles. The van der Waals surface area contributed by atoms with Crippen LogP contribution in [0.25, 0.3) is 33.3 Å². The highest BCUT2D eigenvalue weighted by Gasteiger charge is 2.17. The maximum absolute atomic E-state index is 5.13. The number of rotatable bonds is 5. The van der Waals surface area contributed by atoms with E-state index in [1.165, 1.54) is 25.4 Å². The van der Waals surface area contributed by atoms with Gasteiger partial charge in [0.05, 0.1) is 11.1 Å². The summed E-state index contributed by atoms with van der Waals surface area (Å²) >= 11 is 9.04. The van der Waals surface area contributed by atoms with E-state index in [1.807, 2.05) is 12.4 Å². The van der Waals surface area contributed by atoms with Gasteiger partial charge in [0, 0.05) is 45.4 Å². The second kappa shape index (κ2) is 8.28. The fraction of sp³-hybridized carbons (Fsp3) is 0. The van der Waals surface area contributed by atoms with Gasteiger partial charge in [-0.2, -0.15) is 0 Å². The second-order valence-electron chi connectivity index (χ2n) is 7.13. The number of hydrogen-bond donors (Lipinski definition) is 6. The highest BCUT2D eigenvalue weighted by molar-refractivity contribution is 7.80. The molecule has 6 rings (SSSR count). The largest absolute Gasteiger partial charge is 0.451 e. The second-order valence-corrected chi connectivity index (χ2v) is 8.10. The van der Waals surface area contributed by atoms with Crippen LogP contribution in [0.2, 0.25) is 0 Å². The summed E-state index contributed by atoms with van der Waals surface area (Å²) < 4.78 is 10.3. The Balaban J connectivity index is 1.47. The van der Waals surface area contributed by atoms with Crippen LogP contribution in [0.3, 0.4) is 0 Å². The molecule has 6 aromatic rings. The van der Waals surface area contributed by atoms with Crippen molar-refractivity contribution < 1.29 is 8.83 Å². The Bertz CT molecular complexity index is 1660. The highest BCUT2D eigenvalue weighted by Crippen LogP contribution is 2.36. The van der Waals surface area contributed by atoms with E-state index >= 15 is 0 Å². The average Bonchev–Trinajstić information content (AvgIpc) is 3.64. The normalized spacial score (nSPS) is 12.0. The number of hydrogen-bond acceptors (Lipinski definition) is 10. The molecule has 34 heavy (non-hydrogen) atoms. The molecular weight excluding hydrogens is 474 g/mol. The van der Waals surface area contributed by atoms with Gasteiger partial charge in [0.1, 0.15) is 47.7 Å². The van der Waals surface area contributed by atoms with Gasteiger partial charge in [-0.05, 0) is 0 Å². The molecule has 0 aliphatic rings. The molecule has 168 valence electrons. The van der Waals surface area contributed by atoms with Gasteiger partial charge >= 0.3 is 0 Å². The topological polar surface area (TPSA) is 150 Å². The molecule has 6 heterocycles. The van der Waals surface area contributed by atoms with Crippen molar-refractivity contribution in [3.05, 3.63) is 61.9 Å². The summed E-state index contributed by atoms with van der Waals surface area (Å²) in [4.78, 5) is 33.0. The first-order valence-electron chi connectivity index (χ1n) is 9.90. The summed E-state index contributed by atoms with van der Waals surface area (Å²) in [6.07, 6.45) is 14.4. The van der Waals surface area contributed by atoms with E-state index in [0.717, 1.165) is 16.3 Å². The minimum Gasteiger partial charge on any atom is -0.451 e. The molecule has 0 fully saturated rings. The lowest BCUT2D eigenvalue weighted by Crippen LogP contribution is -2.03. The first-order valence-corrected chi connectivity index (χ1v) is 10.8. The van der Waals surface area contributed by atoms with Gasteiger partial charge in [0.15, 0.2) is 18.3 Å². The van der Waals surface area contributed by atoms with E-state index in [-0.39, 0.29) is 0 Å². The number of thiol groups is 2. The van der Waals surface area contributed by atoms with Crippen molar-refractivity contribution in [3.8, 4) is 22.5 Å². The number of oxazole rings is 2. The van der Waals surface area contributed by atoms with Gasteiger partial charge in [0.25, 0.3) is 0 Å². The fourth-order valence-electron chi connectivity index (χ4n) is 3.62. The fourth-order valence-corrected chi connectivity index (χ4v) is 4.20. The number of nitrogens with one attached hydrogen (secondary N) is 4. The molecule has 0 atom stereocenters. The van der Waals surface area contributed by atoms with Gasteiger partial charge in [-0.15, -0.1) is 25.3 Å². The summed E-state index contributed by atoms with van der Waals surface area (Å²) in [5, 5.41) is 4.85. The Hall–Kier alpha value is -4.23. The zero-order valence-corrected chi connectivity index (χ0v) is 18.9. The molecule has 0 aliphatic carbocycles. The monoisotopic (exact) mass is 489 g/mol. The van der Waals surface area contributed by atoms with Gasteiger partial charge < -0.3 is 29.1 Å². The minimum absolute atomic E-state index is 0.454. The third-order valence-electron chi connectivity index (χ3n) is 5.14. The zero-order chi connectivity index (χ0) is 23.1. The van der Waals surface area contributed by atoms with E-state index < -0.39 is 0 Å². The summed E-state index contributed by atoms with van der Waals surface area (Å²) in [7, 11) is 0. The lowest BCUT2D eigenvalue weighted by Gasteiger charge is -2.05. The van der Waals surface area contributed by atoms with Gasteiger partial charge in [-0.25, -0.2) is 24.9 Å². The number of H-pyrrole nitrogens is 3. The molecule has 0 saturated carbocycles. The highest BCUT2D eigenvalue weighted by atomic mass is 32.1. The third kappa shape index (κ3) is 3.47. The van der Waals surface area contributed by atoms with Crippen molar-refractivity contribution in [2.24, 2.45) is 4.99 Å². The van der Waals surface area contributed by atoms with Crippen LogP contribution in [-0.4, -0.2) is 34.9 Å². The molecule has 0 aliphatic heterocycles. The maximum atomic E-state index is 5.13. The molecule has 0 unspecified atom stereocenters. The van der Waals surface area contributed by atoms with Crippen molar-refractivity contribution in [2.45, 2.75) is 9.79 Å². The Morgan fingerprint density at radius 2 is 1.50 bits per heavy atom. The average molecular weight is 490 g/mol. The van der Waals surface area contributed by atoms with Crippen LogP contribution in [-0.2, 0) is 0 Å². The van der Waals surface area contributed by atoms with Crippen molar-refractivity contribution in [1.29, 1.82) is 0 Å². The number of nitrogens with zero attached hydrogens (tertiary/aromatic N) is 5. The predicted octanol–water partition coefficient (Wildman–Crippen LogP) is 4.48. The van der Waals surface area contributed by atoms with E-state index in [9.17, 15) is 0 Å². The first kappa shape index (κ1) is 20.4. The van der Waals surface area contributed by atoms with Crippen LogP contribution in [0.1, 0.15) is 0 Å². The molecule has 0 aromatic carbocycles. The van der Waals surface area contributed by atoms with Gasteiger partial charge in [-0.3, -0.25) is 0 Å². The van der Waals surface area contributed by atoms with Crippen molar-refractivity contribution in [2.75, 3.05) is 5.32 Å². The number of anilines is 2. The molecular formula is C21H15N9O2S2. The smallest absolute Gasteiger partial charge is 0.181 e. The Morgan fingerprint density at radius 3 is 2.26 bits per heavy atom. The quantitative estimate of drug-likeness (QED) is 0.196. The van der Waals surface area contributed by atoms with Crippen LogP contribution in [0.15, 0.2) is 80.0 Å². The summed E-state index contributed by atoms with van der Waals surface area (Å²) in [5.41, 5.74) is 3.19. The molecule has 0 saturated heterocycles. The summed E-state index contributed by atoms with van der Waals surface area (Å²) in [6, 6.07) is 0. The molecule has 0 spiro atoms. The van der Waals surface area contributed by atoms with E-state index in [4.69, 9.17) is 13.8 Å². The van der Waals surface area contributed by atoms with Gasteiger partial charge in [-0.1, -0.05) is 0 Å². The van der Waals surface area contributed by atoms with Crippen molar-refractivity contribution >= 4 is 53.5 Å². The molecule has 0 radical (unpaired) electrons. The van der Waals surface area contributed by atoms with Crippen molar-refractivity contribution in [1.82, 2.24) is 34.9 Å². The molecule has 13 heteroatoms. The van der Waals surface area contributed by atoms with Crippen LogP contribution < -0.4 is 10.8 Å². The van der Waals surface area contributed by atoms with Crippen LogP contribution in [0.5, 0.6) is 0 Å². The van der Waals surface area contributed by atoms with Crippen LogP contribution in [0.4, 0.5) is 17.5 Å². The summed E-state index contributed by atoms with van der Waals surface area (Å²) in [5.74, 6) is 1.77. The minimum atomic E-state index is 0.454. The SMILES string of the molecule is Sc1c[nH]c(/N=c2\ncnc(Nc3[nH]cc(S)c3-c3cocn3)c3c[nH]cc23)c1-c1cocn1. The van der Waals surface area contributed by atoms with E-state index in [0.29, 0.717) is 49.7 Å². The standard InChI is InChI=1S/C21H15N9O2S2/c33-14-3-23-20(16(14)12-5-31-8-27-12)29-18-10-1-22-2-11(10)19(26-7-25-18)30-21-17(15(34)4-24-21)13-6-32-9-28-13/h1-9,22-24,33-34H,(H,25,26,29,30). The molecule has 0 amide bonds. The third-order valence-corrected chi connectivity index (χ3v) is 5.85. The zero-order valence-electron chi connectivity index (χ0n) is 17.1. The Kier molecular flexibility index (Phi) is 4.96. The lowest BCUT2D eigenvalue weighted by atomic mass is 10.2. The number of fused-ring (bicyclic) bond motifs is 1. The molecule has 11 nitrogen and oxygen atoms in total. The predicted molar refractivity (Wildman–Crippen MR) is 129 cm³/mol. The van der Waals surface area contributed by atoms with E-state index in [1.54, 1.807) is 18.7 Å². The van der Waals surface area contributed by atoms with E-state index in [2.05, 4.69) is 65.5 Å². The maximum Gasteiger partial charge on any atom is 0.181 e. The van der Waals surface area contributed by atoms with Gasteiger partial charge in [0.2, 0.25) is 0 Å². The number of aromatic nitrogens is 7. The van der Waals surface area contributed by atoms with Crippen molar-refractivity contribution in [3.63, 3.8) is 0 Å². The van der Waals surface area contributed by atoms with Crippen LogP contribution >= 0.6 is 25.3 Å².